The molecule has 27 heavy (non-hydrogen) atoms. The first-order chi connectivity index (χ1) is 13.1. The number of ether oxygens (including phenoxy) is 2. The highest BCUT2D eigenvalue weighted by Gasteiger charge is 2.42. The minimum absolute atomic E-state index is 0.306. The molecule has 0 radical (unpaired) electrons. The van der Waals surface area contributed by atoms with Crippen LogP contribution in [0.2, 0.25) is 0 Å². The van der Waals surface area contributed by atoms with Crippen molar-refractivity contribution in [2.45, 2.75) is 31.3 Å². The first-order valence-corrected chi connectivity index (χ1v) is 8.94. The van der Waals surface area contributed by atoms with Gasteiger partial charge in [0, 0.05) is 17.5 Å². The Morgan fingerprint density at radius 2 is 1.33 bits per heavy atom. The number of benzene rings is 3. The molecule has 1 aliphatic heterocycles. The summed E-state index contributed by atoms with van der Waals surface area (Å²) in [6.07, 6.45) is -1.08. The first kappa shape index (κ1) is 17.8. The van der Waals surface area contributed by atoms with Crippen molar-refractivity contribution >= 4 is 0 Å². The smallest absolute Gasteiger partial charge is 0.188 e. The van der Waals surface area contributed by atoms with Crippen LogP contribution in [0.15, 0.2) is 78.9 Å². The Balaban J connectivity index is 1.78. The second kappa shape index (κ2) is 7.22. The van der Waals surface area contributed by atoms with Gasteiger partial charge in [-0.05, 0) is 24.6 Å². The lowest BCUT2D eigenvalue weighted by molar-refractivity contribution is -0.291. The van der Waals surface area contributed by atoms with Crippen molar-refractivity contribution < 1.29 is 18.3 Å². The molecule has 3 aromatic carbocycles. The van der Waals surface area contributed by atoms with E-state index in [0.29, 0.717) is 17.5 Å². The third-order valence-electron chi connectivity index (χ3n) is 5.03. The van der Waals surface area contributed by atoms with Crippen LogP contribution in [0.5, 0.6) is 0 Å². The second-order valence-corrected chi connectivity index (χ2v) is 6.92. The number of halogens is 2. The summed E-state index contributed by atoms with van der Waals surface area (Å²) in [6, 6.07) is 22.6. The Labute approximate surface area is 157 Å². The second-order valence-electron chi connectivity index (χ2n) is 6.92. The zero-order valence-corrected chi connectivity index (χ0v) is 14.9. The third-order valence-corrected chi connectivity index (χ3v) is 5.03. The van der Waals surface area contributed by atoms with Gasteiger partial charge in [-0.25, -0.2) is 8.78 Å². The first-order valence-electron chi connectivity index (χ1n) is 8.94. The van der Waals surface area contributed by atoms with Gasteiger partial charge < -0.3 is 9.47 Å². The summed E-state index contributed by atoms with van der Waals surface area (Å²) in [5.41, 5.74) is 0.945. The van der Waals surface area contributed by atoms with E-state index in [1.807, 2.05) is 37.3 Å². The van der Waals surface area contributed by atoms with Crippen LogP contribution in [-0.4, -0.2) is 0 Å². The van der Waals surface area contributed by atoms with Crippen LogP contribution in [0.25, 0.3) is 0 Å². The minimum atomic E-state index is -0.935. The summed E-state index contributed by atoms with van der Waals surface area (Å²) in [6.45, 7) is 1.94. The van der Waals surface area contributed by atoms with Crippen molar-refractivity contribution in [1.82, 2.24) is 0 Å². The summed E-state index contributed by atoms with van der Waals surface area (Å²) in [5.74, 6) is -0.751. The van der Waals surface area contributed by atoms with Gasteiger partial charge >= 0.3 is 0 Å². The maximum absolute atomic E-state index is 14.4. The van der Waals surface area contributed by atoms with Crippen molar-refractivity contribution in [3.05, 3.63) is 107 Å². The molecule has 4 rings (SSSR count). The predicted molar refractivity (Wildman–Crippen MR) is 98.9 cm³/mol. The highest BCUT2D eigenvalue weighted by molar-refractivity contribution is 5.28. The molecule has 1 aliphatic rings. The minimum Gasteiger partial charge on any atom is -0.340 e. The maximum atomic E-state index is 14.4. The molecule has 0 bridgehead atoms. The van der Waals surface area contributed by atoms with E-state index < -0.39 is 23.8 Å². The molecule has 1 heterocycles. The van der Waals surface area contributed by atoms with Gasteiger partial charge in [0.05, 0.1) is 11.7 Å². The number of hydrogen-bond acceptors (Lipinski definition) is 2. The summed E-state index contributed by atoms with van der Waals surface area (Å²) in [5, 5.41) is 0. The lowest BCUT2D eigenvalue weighted by atomic mass is 9.86. The molecule has 138 valence electrons. The molecule has 2 nitrogen and oxygen atoms in total. The van der Waals surface area contributed by atoms with Crippen LogP contribution in [0, 0.1) is 11.6 Å². The van der Waals surface area contributed by atoms with Gasteiger partial charge in [-0.1, -0.05) is 66.7 Å². The van der Waals surface area contributed by atoms with Crippen molar-refractivity contribution in [3.8, 4) is 0 Å². The summed E-state index contributed by atoms with van der Waals surface area (Å²) < 4.78 is 41.1. The van der Waals surface area contributed by atoms with E-state index in [-0.39, 0.29) is 5.82 Å². The fourth-order valence-corrected chi connectivity index (χ4v) is 3.56. The fraction of sp³-hybridized carbons (Fsp3) is 0.217. The van der Waals surface area contributed by atoms with Gasteiger partial charge in [0.1, 0.15) is 11.6 Å². The number of hydrogen-bond donors (Lipinski definition) is 0. The predicted octanol–water partition coefficient (Wildman–Crippen LogP) is 6.06. The van der Waals surface area contributed by atoms with Crippen LogP contribution in [-0.2, 0) is 15.1 Å². The van der Waals surface area contributed by atoms with Crippen molar-refractivity contribution in [2.24, 2.45) is 0 Å². The lowest BCUT2D eigenvalue weighted by Gasteiger charge is -2.43. The number of rotatable bonds is 3. The molecule has 4 heteroatoms. The van der Waals surface area contributed by atoms with Gasteiger partial charge in [0.25, 0.3) is 0 Å². The van der Waals surface area contributed by atoms with E-state index in [1.165, 1.54) is 12.1 Å². The zero-order valence-electron chi connectivity index (χ0n) is 14.9. The Hall–Kier alpha value is -2.56. The van der Waals surface area contributed by atoms with Gasteiger partial charge in [0.15, 0.2) is 6.29 Å². The molecule has 0 amide bonds. The van der Waals surface area contributed by atoms with Crippen LogP contribution in [0.1, 0.15) is 42.4 Å². The molecule has 0 aliphatic carbocycles. The molecule has 0 saturated carbocycles. The molecule has 3 atom stereocenters. The molecule has 0 unspecified atom stereocenters. The van der Waals surface area contributed by atoms with E-state index in [9.17, 15) is 8.78 Å². The summed E-state index contributed by atoms with van der Waals surface area (Å²) in [4.78, 5) is 0. The van der Waals surface area contributed by atoms with Gasteiger partial charge in [0.2, 0.25) is 0 Å². The molecular formula is C23H20F2O2. The SMILES string of the molecule is C[C@@]1(c2ccccc2)C[C@@H](c2ccccc2F)O[C@@H](c2ccccc2F)O1. The Morgan fingerprint density at radius 3 is 1.96 bits per heavy atom. The van der Waals surface area contributed by atoms with Gasteiger partial charge in [-0.2, -0.15) is 0 Å². The van der Waals surface area contributed by atoms with Crippen LogP contribution in [0.3, 0.4) is 0 Å². The lowest BCUT2D eigenvalue weighted by Crippen LogP contribution is -2.37. The largest absolute Gasteiger partial charge is 0.340 e. The molecule has 1 fully saturated rings. The van der Waals surface area contributed by atoms with Gasteiger partial charge in [-0.3, -0.25) is 0 Å². The zero-order chi connectivity index (χ0) is 18.9. The quantitative estimate of drug-likeness (QED) is 0.561. The van der Waals surface area contributed by atoms with Crippen LogP contribution in [0.4, 0.5) is 8.78 Å². The highest BCUT2D eigenvalue weighted by Crippen LogP contribution is 2.48. The van der Waals surface area contributed by atoms with E-state index >= 15 is 0 Å². The topological polar surface area (TPSA) is 18.5 Å². The van der Waals surface area contributed by atoms with E-state index in [4.69, 9.17) is 9.47 Å². The summed E-state index contributed by atoms with van der Waals surface area (Å²) >= 11 is 0. The normalized spacial score (nSPS) is 25.3. The van der Waals surface area contributed by atoms with Crippen LogP contribution < -0.4 is 0 Å². The van der Waals surface area contributed by atoms with E-state index in [1.54, 1.807) is 36.4 Å². The Bertz CT molecular complexity index is 873. The maximum Gasteiger partial charge on any atom is 0.188 e. The molecule has 0 aromatic heterocycles. The Morgan fingerprint density at radius 1 is 0.778 bits per heavy atom. The van der Waals surface area contributed by atoms with Crippen molar-refractivity contribution in [2.75, 3.05) is 0 Å². The van der Waals surface area contributed by atoms with Crippen molar-refractivity contribution in [1.29, 1.82) is 0 Å². The van der Waals surface area contributed by atoms with E-state index in [0.717, 1.165) is 5.56 Å². The Kier molecular flexibility index (Phi) is 4.77. The highest BCUT2D eigenvalue weighted by atomic mass is 19.1. The molecular weight excluding hydrogens is 346 g/mol. The average molecular weight is 366 g/mol. The molecule has 0 N–H and O–H groups in total. The fourth-order valence-electron chi connectivity index (χ4n) is 3.56. The molecule has 0 spiro atoms. The standard InChI is InChI=1S/C23H20F2O2/c1-23(16-9-3-2-4-10-16)15-21(17-11-5-7-13-19(17)24)26-22(27-23)18-12-6-8-14-20(18)25/h2-14,21-22H,15H2,1H3/t21-,22+,23-/m0/s1. The van der Waals surface area contributed by atoms with E-state index in [2.05, 4.69) is 0 Å². The summed E-state index contributed by atoms with van der Waals surface area (Å²) in [7, 11) is 0. The molecule has 1 saturated heterocycles. The van der Waals surface area contributed by atoms with Crippen molar-refractivity contribution in [3.63, 3.8) is 0 Å². The van der Waals surface area contributed by atoms with Crippen LogP contribution >= 0.6 is 0 Å². The average Bonchev–Trinajstić information content (AvgIpc) is 2.69. The van der Waals surface area contributed by atoms with Gasteiger partial charge in [-0.15, -0.1) is 0 Å². The molecule has 3 aromatic rings. The monoisotopic (exact) mass is 366 g/mol. The third kappa shape index (κ3) is 3.51.